The summed E-state index contributed by atoms with van der Waals surface area (Å²) in [5.41, 5.74) is 1.82. The predicted octanol–water partition coefficient (Wildman–Crippen LogP) is -0.378. The number of aliphatic hydroxyl groups excluding tert-OH is 1. The van der Waals surface area contributed by atoms with E-state index >= 15 is 0 Å². The fraction of sp³-hybridized carbons (Fsp3) is 0.467. The molecule has 8 nitrogen and oxygen atoms in total. The van der Waals surface area contributed by atoms with Gasteiger partial charge in [0.05, 0.1) is 18.6 Å². The number of aryl methyl sites for hydroxylation is 2. The van der Waals surface area contributed by atoms with Gasteiger partial charge in [-0.2, -0.15) is 0 Å². The fourth-order valence-electron chi connectivity index (χ4n) is 1.85. The summed E-state index contributed by atoms with van der Waals surface area (Å²) in [5.74, 6) is -1.36. The molecule has 0 spiro atoms. The van der Waals surface area contributed by atoms with E-state index < -0.39 is 34.5 Å². The molecule has 1 amide bonds. The number of benzene rings is 1. The Bertz CT molecular complexity index is 702. The second kappa shape index (κ2) is 8.76. The molecule has 0 saturated carbocycles. The second-order valence-corrected chi connectivity index (χ2v) is 6.99. The van der Waals surface area contributed by atoms with E-state index in [1.165, 1.54) is 6.07 Å². The average Bonchev–Trinajstić information content (AvgIpc) is 2.54. The lowest BCUT2D eigenvalue weighted by Gasteiger charge is -2.14. The number of ether oxygens (including phenoxy) is 1. The van der Waals surface area contributed by atoms with Crippen molar-refractivity contribution in [2.45, 2.75) is 31.2 Å². The van der Waals surface area contributed by atoms with Gasteiger partial charge in [-0.05, 0) is 37.1 Å². The van der Waals surface area contributed by atoms with Crippen LogP contribution in [0.15, 0.2) is 23.1 Å². The predicted molar refractivity (Wildman–Crippen MR) is 86.8 cm³/mol. The van der Waals surface area contributed by atoms with Crippen LogP contribution in [-0.4, -0.2) is 51.7 Å². The molecule has 1 rings (SSSR count). The Morgan fingerprint density at radius 2 is 1.92 bits per heavy atom. The maximum Gasteiger partial charge on any atom is 0.330 e. The van der Waals surface area contributed by atoms with Crippen molar-refractivity contribution in [2.75, 3.05) is 20.3 Å². The molecular formula is C15H22N2O6S. The van der Waals surface area contributed by atoms with Gasteiger partial charge in [-0.3, -0.25) is 4.79 Å². The average molecular weight is 358 g/mol. The van der Waals surface area contributed by atoms with Crippen LogP contribution in [0.5, 0.6) is 0 Å². The number of nitrogens with one attached hydrogen (secondary N) is 2. The van der Waals surface area contributed by atoms with Crippen LogP contribution in [0.25, 0.3) is 0 Å². The van der Waals surface area contributed by atoms with Crippen molar-refractivity contribution in [1.29, 1.82) is 0 Å². The highest BCUT2D eigenvalue weighted by Gasteiger charge is 2.21. The van der Waals surface area contributed by atoms with Crippen LogP contribution < -0.4 is 10.0 Å². The van der Waals surface area contributed by atoms with Crippen molar-refractivity contribution in [2.24, 2.45) is 0 Å². The first-order valence-corrected chi connectivity index (χ1v) is 8.74. The van der Waals surface area contributed by atoms with E-state index in [9.17, 15) is 18.0 Å². The lowest BCUT2D eigenvalue weighted by atomic mass is 10.1. The summed E-state index contributed by atoms with van der Waals surface area (Å²) in [6, 6.07) is 3.58. The number of aliphatic hydroxyl groups is 1. The van der Waals surface area contributed by atoms with E-state index in [1.54, 1.807) is 12.1 Å². The van der Waals surface area contributed by atoms with Gasteiger partial charge < -0.3 is 15.2 Å². The van der Waals surface area contributed by atoms with Crippen LogP contribution in [0.4, 0.5) is 0 Å². The SMILES string of the molecule is COC(=O)[C@H](CO)NC(=O)CCNS(=O)(=O)c1ccc(C)c(C)c1. The van der Waals surface area contributed by atoms with Crippen LogP contribution in [0.2, 0.25) is 0 Å². The van der Waals surface area contributed by atoms with Crippen LogP contribution in [0, 0.1) is 13.8 Å². The fourth-order valence-corrected chi connectivity index (χ4v) is 2.97. The van der Waals surface area contributed by atoms with E-state index in [1.807, 2.05) is 13.8 Å². The zero-order chi connectivity index (χ0) is 18.3. The Kier molecular flexibility index (Phi) is 7.33. The van der Waals surface area contributed by atoms with Gasteiger partial charge in [0.25, 0.3) is 0 Å². The standard InChI is InChI=1S/C15H22N2O6S/c1-10-4-5-12(8-11(10)2)24(21,22)16-7-6-14(19)17-13(9-18)15(20)23-3/h4-5,8,13,16,18H,6-7,9H2,1-3H3,(H,17,19)/t13-/m0/s1. The Balaban J connectivity index is 2.58. The van der Waals surface area contributed by atoms with Crippen molar-refractivity contribution >= 4 is 21.9 Å². The maximum atomic E-state index is 12.2. The van der Waals surface area contributed by atoms with Gasteiger partial charge in [-0.25, -0.2) is 17.9 Å². The summed E-state index contributed by atoms with van der Waals surface area (Å²) < 4.78 is 31.0. The minimum Gasteiger partial charge on any atom is -0.467 e. The highest BCUT2D eigenvalue weighted by atomic mass is 32.2. The number of sulfonamides is 1. The Labute approximate surface area is 141 Å². The summed E-state index contributed by atoms with van der Waals surface area (Å²) in [6.07, 6.45) is -0.183. The normalized spacial score (nSPS) is 12.5. The van der Waals surface area contributed by atoms with Crippen molar-refractivity contribution in [3.63, 3.8) is 0 Å². The minimum absolute atomic E-state index is 0.119. The summed E-state index contributed by atoms with van der Waals surface area (Å²) in [5, 5.41) is 11.3. The molecule has 0 fully saturated rings. The molecular weight excluding hydrogens is 336 g/mol. The molecule has 9 heteroatoms. The van der Waals surface area contributed by atoms with Crippen LogP contribution >= 0.6 is 0 Å². The third kappa shape index (κ3) is 5.59. The number of carbonyl (C=O) groups is 2. The van der Waals surface area contributed by atoms with Crippen molar-refractivity contribution in [1.82, 2.24) is 10.0 Å². The van der Waals surface area contributed by atoms with Gasteiger partial charge >= 0.3 is 5.97 Å². The van der Waals surface area contributed by atoms with Gasteiger partial charge in [0, 0.05) is 13.0 Å². The highest BCUT2D eigenvalue weighted by Crippen LogP contribution is 2.14. The molecule has 0 unspecified atom stereocenters. The van der Waals surface area contributed by atoms with Crippen LogP contribution in [-0.2, 0) is 24.3 Å². The number of rotatable bonds is 8. The summed E-state index contributed by atoms with van der Waals surface area (Å²) in [6.45, 7) is 2.94. The van der Waals surface area contributed by atoms with Crippen molar-refractivity contribution in [3.8, 4) is 0 Å². The van der Waals surface area contributed by atoms with E-state index in [0.717, 1.165) is 18.2 Å². The molecule has 24 heavy (non-hydrogen) atoms. The number of amides is 1. The molecule has 0 heterocycles. The molecule has 0 saturated heterocycles. The topological polar surface area (TPSA) is 122 Å². The third-order valence-corrected chi connectivity index (χ3v) is 4.90. The molecule has 134 valence electrons. The van der Waals surface area contributed by atoms with E-state index in [4.69, 9.17) is 5.11 Å². The summed E-state index contributed by atoms with van der Waals surface area (Å²) in [4.78, 5) is 23.1. The number of carbonyl (C=O) groups excluding carboxylic acids is 2. The van der Waals surface area contributed by atoms with Crippen LogP contribution in [0.3, 0.4) is 0 Å². The Hall–Kier alpha value is -1.97. The molecule has 0 aliphatic carbocycles. The van der Waals surface area contributed by atoms with Crippen LogP contribution in [0.1, 0.15) is 17.5 Å². The molecule has 0 aromatic heterocycles. The van der Waals surface area contributed by atoms with Gasteiger partial charge in [0.15, 0.2) is 6.04 Å². The lowest BCUT2D eigenvalue weighted by molar-refractivity contribution is -0.146. The first-order valence-electron chi connectivity index (χ1n) is 7.26. The molecule has 3 N–H and O–H groups in total. The van der Waals surface area contributed by atoms with Gasteiger partial charge in [0.2, 0.25) is 15.9 Å². The summed E-state index contributed by atoms with van der Waals surface area (Å²) in [7, 11) is -2.59. The van der Waals surface area contributed by atoms with Gasteiger partial charge in [-0.15, -0.1) is 0 Å². The molecule has 0 radical (unpaired) electrons. The zero-order valence-electron chi connectivity index (χ0n) is 13.8. The quantitative estimate of drug-likeness (QED) is 0.545. The second-order valence-electron chi connectivity index (χ2n) is 5.22. The highest BCUT2D eigenvalue weighted by molar-refractivity contribution is 7.89. The maximum absolute atomic E-state index is 12.2. The van der Waals surface area contributed by atoms with Gasteiger partial charge in [0.1, 0.15) is 0 Å². The van der Waals surface area contributed by atoms with E-state index in [-0.39, 0.29) is 17.9 Å². The number of esters is 1. The smallest absolute Gasteiger partial charge is 0.330 e. The number of hydrogen-bond donors (Lipinski definition) is 3. The molecule has 1 atom stereocenters. The zero-order valence-corrected chi connectivity index (χ0v) is 14.6. The summed E-state index contributed by atoms with van der Waals surface area (Å²) >= 11 is 0. The monoisotopic (exact) mass is 358 g/mol. The van der Waals surface area contributed by atoms with E-state index in [0.29, 0.717) is 0 Å². The molecule has 0 aliphatic rings. The molecule has 1 aromatic carbocycles. The Morgan fingerprint density at radius 1 is 1.25 bits per heavy atom. The molecule has 0 bridgehead atoms. The first kappa shape index (κ1) is 20.1. The number of methoxy groups -OCH3 is 1. The van der Waals surface area contributed by atoms with Crippen molar-refractivity contribution in [3.05, 3.63) is 29.3 Å². The largest absolute Gasteiger partial charge is 0.467 e. The third-order valence-electron chi connectivity index (χ3n) is 3.44. The minimum atomic E-state index is -3.72. The Morgan fingerprint density at radius 3 is 2.46 bits per heavy atom. The van der Waals surface area contributed by atoms with Crippen molar-refractivity contribution < 1.29 is 27.9 Å². The van der Waals surface area contributed by atoms with Gasteiger partial charge in [-0.1, -0.05) is 6.07 Å². The molecule has 1 aromatic rings. The number of hydrogen-bond acceptors (Lipinski definition) is 6. The van der Waals surface area contributed by atoms with E-state index in [2.05, 4.69) is 14.8 Å². The lowest BCUT2D eigenvalue weighted by Crippen LogP contribution is -2.44. The molecule has 0 aliphatic heterocycles. The first-order chi connectivity index (χ1) is 11.2.